The molecule has 0 N–H and O–H groups in total. The zero-order valence-electron chi connectivity index (χ0n) is 19.9. The van der Waals surface area contributed by atoms with Gasteiger partial charge in [-0.25, -0.2) is 0 Å². The molecule has 2 rings (SSSR count). The van der Waals surface area contributed by atoms with Gasteiger partial charge in [-0.3, -0.25) is 4.79 Å². The summed E-state index contributed by atoms with van der Waals surface area (Å²) >= 11 is 0. The Bertz CT molecular complexity index is 664. The highest BCUT2D eigenvalue weighted by atomic mass is 16.7. The van der Waals surface area contributed by atoms with Crippen molar-refractivity contribution in [1.82, 2.24) is 0 Å². The molecule has 0 unspecified atom stereocenters. The Labute approximate surface area is 182 Å². The third-order valence-corrected chi connectivity index (χ3v) is 5.58. The molecule has 1 aliphatic rings. The van der Waals surface area contributed by atoms with Crippen LogP contribution in [0.2, 0.25) is 0 Å². The molecule has 0 aliphatic carbocycles. The number of hydrogen-bond donors (Lipinski definition) is 0. The van der Waals surface area contributed by atoms with Crippen molar-refractivity contribution in [2.45, 2.75) is 80.0 Å². The van der Waals surface area contributed by atoms with Gasteiger partial charge in [0, 0.05) is 17.8 Å². The van der Waals surface area contributed by atoms with Crippen molar-refractivity contribution in [3.63, 3.8) is 0 Å². The Hall–Kier alpha value is -1.43. The summed E-state index contributed by atoms with van der Waals surface area (Å²) in [5, 5.41) is 0. The van der Waals surface area contributed by atoms with Crippen molar-refractivity contribution in [3.8, 4) is 0 Å². The minimum absolute atomic E-state index is 0.00436. The van der Waals surface area contributed by atoms with E-state index in [-0.39, 0.29) is 35.9 Å². The first-order valence-electron chi connectivity index (χ1n) is 11.1. The first-order valence-corrected chi connectivity index (χ1v) is 11.1. The topological polar surface area (TPSA) is 54.0 Å². The number of rotatable bonds is 8. The molecular weight excluding hydrogens is 380 g/mol. The molecule has 5 atom stereocenters. The minimum atomic E-state index is -0.697. The number of carbonyl (C=O) groups is 1. The molecule has 1 fully saturated rings. The van der Waals surface area contributed by atoms with Crippen LogP contribution in [0.4, 0.5) is 0 Å². The predicted octanol–water partition coefficient (Wildman–Crippen LogP) is 5.22. The van der Waals surface area contributed by atoms with E-state index < -0.39 is 11.2 Å². The fraction of sp³-hybridized carbons (Fsp3) is 0.720. The molecule has 0 spiro atoms. The number of esters is 1. The fourth-order valence-electron chi connectivity index (χ4n) is 3.90. The summed E-state index contributed by atoms with van der Waals surface area (Å²) in [5.74, 6) is -0.463. The molecule has 5 nitrogen and oxygen atoms in total. The Morgan fingerprint density at radius 3 is 2.10 bits per heavy atom. The van der Waals surface area contributed by atoms with Crippen LogP contribution >= 0.6 is 0 Å². The maximum absolute atomic E-state index is 12.2. The van der Waals surface area contributed by atoms with Crippen LogP contribution in [0.25, 0.3) is 0 Å². The molecule has 30 heavy (non-hydrogen) atoms. The molecule has 0 aromatic heterocycles. The van der Waals surface area contributed by atoms with Crippen molar-refractivity contribution in [2.75, 3.05) is 13.2 Å². The van der Waals surface area contributed by atoms with Gasteiger partial charge in [0.15, 0.2) is 5.79 Å². The zero-order chi connectivity index (χ0) is 22.5. The number of hydrogen-bond acceptors (Lipinski definition) is 5. The van der Waals surface area contributed by atoms with E-state index in [1.807, 2.05) is 52.8 Å². The Kier molecular flexibility index (Phi) is 8.49. The maximum atomic E-state index is 12.2. The minimum Gasteiger partial charge on any atom is -0.465 e. The Balaban J connectivity index is 1.96. The van der Waals surface area contributed by atoms with Gasteiger partial charge in [0.25, 0.3) is 0 Å². The smallest absolute Gasteiger partial charge is 0.311 e. The lowest BCUT2D eigenvalue weighted by Crippen LogP contribution is -2.55. The second-order valence-electron chi connectivity index (χ2n) is 10.2. The van der Waals surface area contributed by atoms with Crippen LogP contribution in [0.1, 0.15) is 61.0 Å². The molecule has 0 amide bonds. The number of carbonyl (C=O) groups excluding carboxylic acids is 1. The molecule has 1 aromatic carbocycles. The van der Waals surface area contributed by atoms with Crippen LogP contribution in [-0.2, 0) is 30.3 Å². The van der Waals surface area contributed by atoms with E-state index in [0.29, 0.717) is 19.8 Å². The summed E-state index contributed by atoms with van der Waals surface area (Å²) in [6.45, 7) is 17.4. The third kappa shape index (κ3) is 7.07. The molecule has 1 aliphatic heterocycles. The van der Waals surface area contributed by atoms with Crippen molar-refractivity contribution in [3.05, 3.63) is 35.9 Å². The van der Waals surface area contributed by atoms with E-state index in [9.17, 15) is 4.79 Å². The molecule has 170 valence electrons. The quantitative estimate of drug-likeness (QED) is 0.540. The van der Waals surface area contributed by atoms with Gasteiger partial charge in [-0.2, -0.15) is 0 Å². The van der Waals surface area contributed by atoms with Crippen LogP contribution in [0.5, 0.6) is 0 Å². The third-order valence-electron chi connectivity index (χ3n) is 5.58. The molecule has 0 bridgehead atoms. The molecule has 1 saturated heterocycles. The van der Waals surface area contributed by atoms with Crippen LogP contribution < -0.4 is 0 Å². The standard InChI is InChI=1S/C25H40O5/c1-17(14-27-16-20-12-10-9-11-13-20)21-19(3)22(30-25(7,8)29-21)18(2)15-28-23(26)24(4,5)6/h9-13,17-19,21-22H,14-16H2,1-8H3/t17-,18-,19+,21-,22-/m0/s1. The van der Waals surface area contributed by atoms with Crippen molar-refractivity contribution < 1.29 is 23.7 Å². The molecule has 0 saturated carbocycles. The van der Waals surface area contributed by atoms with Gasteiger partial charge in [-0.1, -0.05) is 51.1 Å². The van der Waals surface area contributed by atoms with E-state index in [2.05, 4.69) is 32.9 Å². The second-order valence-corrected chi connectivity index (χ2v) is 10.2. The van der Waals surface area contributed by atoms with Gasteiger partial charge in [0.05, 0.1) is 37.4 Å². The second kappa shape index (κ2) is 10.3. The summed E-state index contributed by atoms with van der Waals surface area (Å²) in [6.07, 6.45) is -0.0709. The lowest BCUT2D eigenvalue weighted by Gasteiger charge is -2.48. The van der Waals surface area contributed by atoms with Gasteiger partial charge in [0.1, 0.15) is 0 Å². The van der Waals surface area contributed by atoms with E-state index in [1.54, 1.807) is 0 Å². The first-order chi connectivity index (χ1) is 13.9. The normalized spacial score (nSPS) is 26.1. The maximum Gasteiger partial charge on any atom is 0.311 e. The van der Waals surface area contributed by atoms with Gasteiger partial charge in [-0.05, 0) is 40.2 Å². The highest BCUT2D eigenvalue weighted by Gasteiger charge is 2.45. The van der Waals surface area contributed by atoms with E-state index in [4.69, 9.17) is 18.9 Å². The Morgan fingerprint density at radius 2 is 1.57 bits per heavy atom. The molecule has 1 heterocycles. The lowest BCUT2D eigenvalue weighted by atomic mass is 9.83. The molecule has 5 heteroatoms. The van der Waals surface area contributed by atoms with Gasteiger partial charge >= 0.3 is 5.97 Å². The average Bonchev–Trinajstić information content (AvgIpc) is 2.67. The molecule has 1 aromatic rings. The summed E-state index contributed by atoms with van der Waals surface area (Å²) in [4.78, 5) is 12.2. The highest BCUT2D eigenvalue weighted by Crippen LogP contribution is 2.38. The lowest BCUT2D eigenvalue weighted by molar-refractivity contribution is -0.337. The first kappa shape index (κ1) is 24.8. The number of ether oxygens (including phenoxy) is 4. The van der Waals surface area contributed by atoms with Gasteiger partial charge in [0.2, 0.25) is 0 Å². The molecule has 0 radical (unpaired) electrons. The largest absolute Gasteiger partial charge is 0.465 e. The summed E-state index contributed by atoms with van der Waals surface area (Å²) in [7, 11) is 0. The molecular formula is C25H40O5. The van der Waals surface area contributed by atoms with Crippen LogP contribution in [0.3, 0.4) is 0 Å². The summed E-state index contributed by atoms with van der Waals surface area (Å²) in [6, 6.07) is 10.2. The summed E-state index contributed by atoms with van der Waals surface area (Å²) < 4.78 is 24.1. The monoisotopic (exact) mass is 420 g/mol. The zero-order valence-corrected chi connectivity index (χ0v) is 19.9. The predicted molar refractivity (Wildman–Crippen MR) is 118 cm³/mol. The Morgan fingerprint density at radius 1 is 1.03 bits per heavy atom. The SMILES string of the molecule is C[C@@H]1[C@H]([C@@H](C)COCc2ccccc2)OC(C)(C)O[C@H]1[C@@H](C)COC(=O)C(C)(C)C. The summed E-state index contributed by atoms with van der Waals surface area (Å²) in [5.41, 5.74) is 0.659. The van der Waals surface area contributed by atoms with Crippen molar-refractivity contribution in [1.29, 1.82) is 0 Å². The van der Waals surface area contributed by atoms with Crippen LogP contribution in [-0.4, -0.2) is 37.2 Å². The van der Waals surface area contributed by atoms with E-state index in [0.717, 1.165) is 5.56 Å². The van der Waals surface area contributed by atoms with Crippen molar-refractivity contribution >= 4 is 5.97 Å². The highest BCUT2D eigenvalue weighted by molar-refractivity contribution is 5.75. The fourth-order valence-corrected chi connectivity index (χ4v) is 3.90. The number of benzene rings is 1. The van der Waals surface area contributed by atoms with E-state index in [1.165, 1.54) is 0 Å². The average molecular weight is 421 g/mol. The van der Waals surface area contributed by atoms with E-state index >= 15 is 0 Å². The van der Waals surface area contributed by atoms with Crippen LogP contribution in [0, 0.1) is 23.2 Å². The van der Waals surface area contributed by atoms with Gasteiger partial charge in [-0.15, -0.1) is 0 Å². The van der Waals surface area contributed by atoms with Gasteiger partial charge < -0.3 is 18.9 Å². The van der Waals surface area contributed by atoms with Crippen LogP contribution in [0.15, 0.2) is 30.3 Å². The van der Waals surface area contributed by atoms with Crippen molar-refractivity contribution in [2.24, 2.45) is 23.2 Å².